The quantitative estimate of drug-likeness (QED) is 0.719. The number of rotatable bonds is 2. The van der Waals surface area contributed by atoms with Crippen molar-refractivity contribution in [1.29, 1.82) is 0 Å². The molecule has 0 fully saturated rings. The summed E-state index contributed by atoms with van der Waals surface area (Å²) >= 11 is 4.20. The fourth-order valence-electron chi connectivity index (χ4n) is 1.18. The number of nitrogens with zero attached hydrogens (tertiary/aromatic N) is 2. The van der Waals surface area contributed by atoms with Crippen molar-refractivity contribution in [3.05, 3.63) is 48.3 Å². The predicted molar refractivity (Wildman–Crippen MR) is 56.3 cm³/mol. The minimum absolute atomic E-state index is 0.777. The smallest absolute Gasteiger partial charge is 0.0645 e. The van der Waals surface area contributed by atoms with Crippen LogP contribution in [-0.4, -0.2) is 9.78 Å². The molecule has 0 saturated carbocycles. The van der Waals surface area contributed by atoms with Gasteiger partial charge in [-0.25, -0.2) is 4.68 Å². The first-order valence-corrected chi connectivity index (χ1v) is 4.73. The second kappa shape index (κ2) is 3.66. The molecule has 2 rings (SSSR count). The highest BCUT2D eigenvalue weighted by Crippen LogP contribution is 2.09. The Balaban J connectivity index is 2.33. The maximum absolute atomic E-state index is 4.20. The topological polar surface area (TPSA) is 17.8 Å². The Morgan fingerprint density at radius 2 is 2.00 bits per heavy atom. The van der Waals surface area contributed by atoms with Crippen LogP contribution in [0.4, 0.5) is 0 Å². The molecule has 0 saturated heterocycles. The number of thiol groups is 1. The monoisotopic (exact) mass is 190 g/mol. The van der Waals surface area contributed by atoms with Crippen LogP contribution in [0, 0.1) is 0 Å². The number of hydrogen-bond acceptors (Lipinski definition) is 2. The molecule has 66 valence electrons. The average Bonchev–Trinajstić information content (AvgIpc) is 2.71. The maximum atomic E-state index is 4.20. The molecule has 0 aliphatic heterocycles. The molecule has 0 amide bonds. The van der Waals surface area contributed by atoms with Crippen LogP contribution in [0.3, 0.4) is 0 Å². The maximum Gasteiger partial charge on any atom is 0.0645 e. The van der Waals surface area contributed by atoms with Gasteiger partial charge in [-0.1, -0.05) is 12.1 Å². The Labute approximate surface area is 82.6 Å². The summed E-state index contributed by atoms with van der Waals surface area (Å²) in [5.74, 6) is 0.777. The molecule has 0 radical (unpaired) electrons. The second-order valence-electron chi connectivity index (χ2n) is 2.78. The Bertz CT molecular complexity index is 364. The summed E-state index contributed by atoms with van der Waals surface area (Å²) < 4.78 is 1.84. The van der Waals surface area contributed by atoms with Crippen LogP contribution in [0.5, 0.6) is 0 Å². The molecule has 1 aromatic heterocycles. The van der Waals surface area contributed by atoms with Crippen molar-refractivity contribution in [2.24, 2.45) is 0 Å². The van der Waals surface area contributed by atoms with Crippen molar-refractivity contribution in [3.8, 4) is 5.69 Å². The molecule has 0 aliphatic rings. The minimum atomic E-state index is 0.777. The van der Waals surface area contributed by atoms with Gasteiger partial charge in [0.1, 0.15) is 0 Å². The van der Waals surface area contributed by atoms with E-state index in [0.717, 1.165) is 11.4 Å². The van der Waals surface area contributed by atoms with E-state index >= 15 is 0 Å². The highest BCUT2D eigenvalue weighted by molar-refractivity contribution is 7.79. The van der Waals surface area contributed by atoms with Crippen molar-refractivity contribution in [3.63, 3.8) is 0 Å². The van der Waals surface area contributed by atoms with Crippen LogP contribution >= 0.6 is 12.6 Å². The third kappa shape index (κ3) is 1.75. The Kier molecular flexibility index (Phi) is 2.36. The number of aromatic nitrogens is 2. The third-order valence-electron chi connectivity index (χ3n) is 1.89. The molecule has 0 atom stereocenters. The van der Waals surface area contributed by atoms with Gasteiger partial charge in [-0.05, 0) is 23.8 Å². The molecule has 1 aromatic carbocycles. The van der Waals surface area contributed by atoms with E-state index in [4.69, 9.17) is 0 Å². The first-order valence-electron chi connectivity index (χ1n) is 4.10. The first-order chi connectivity index (χ1) is 6.40. The number of hydrogen-bond donors (Lipinski definition) is 1. The van der Waals surface area contributed by atoms with E-state index in [-0.39, 0.29) is 0 Å². The summed E-state index contributed by atoms with van der Waals surface area (Å²) in [6, 6.07) is 10.1. The van der Waals surface area contributed by atoms with Gasteiger partial charge in [0, 0.05) is 18.1 Å². The fourth-order valence-corrected chi connectivity index (χ4v) is 1.39. The van der Waals surface area contributed by atoms with Crippen LogP contribution in [0.1, 0.15) is 5.56 Å². The Morgan fingerprint density at radius 1 is 1.23 bits per heavy atom. The number of benzene rings is 1. The van der Waals surface area contributed by atoms with Crippen LogP contribution in [0.25, 0.3) is 5.69 Å². The molecule has 2 nitrogen and oxygen atoms in total. The van der Waals surface area contributed by atoms with E-state index in [2.05, 4.69) is 29.9 Å². The lowest BCUT2D eigenvalue weighted by Gasteiger charge is -2.01. The molecular formula is C10H10N2S. The predicted octanol–water partition coefficient (Wildman–Crippen LogP) is 2.30. The van der Waals surface area contributed by atoms with Crippen molar-refractivity contribution >= 4 is 12.6 Å². The molecule has 1 heterocycles. The van der Waals surface area contributed by atoms with Crippen molar-refractivity contribution < 1.29 is 0 Å². The molecular weight excluding hydrogens is 180 g/mol. The van der Waals surface area contributed by atoms with Gasteiger partial charge in [-0.15, -0.1) is 0 Å². The van der Waals surface area contributed by atoms with Crippen molar-refractivity contribution in [1.82, 2.24) is 9.78 Å². The lowest BCUT2D eigenvalue weighted by Crippen LogP contribution is -1.93. The van der Waals surface area contributed by atoms with Gasteiger partial charge >= 0.3 is 0 Å². The van der Waals surface area contributed by atoms with Gasteiger partial charge < -0.3 is 0 Å². The van der Waals surface area contributed by atoms with Crippen LogP contribution < -0.4 is 0 Å². The summed E-state index contributed by atoms with van der Waals surface area (Å²) in [6.07, 6.45) is 3.70. The Morgan fingerprint density at radius 3 is 2.54 bits per heavy atom. The summed E-state index contributed by atoms with van der Waals surface area (Å²) in [4.78, 5) is 0. The van der Waals surface area contributed by atoms with Gasteiger partial charge in [-0.3, -0.25) is 0 Å². The SMILES string of the molecule is SCc1ccc(-n2cccn2)cc1. The Hall–Kier alpha value is -1.22. The largest absolute Gasteiger partial charge is 0.241 e. The average molecular weight is 190 g/mol. The normalized spacial score (nSPS) is 10.2. The minimum Gasteiger partial charge on any atom is -0.241 e. The summed E-state index contributed by atoms with van der Waals surface area (Å²) in [5.41, 5.74) is 2.30. The van der Waals surface area contributed by atoms with E-state index in [9.17, 15) is 0 Å². The lowest BCUT2D eigenvalue weighted by molar-refractivity contribution is 0.880. The second-order valence-corrected chi connectivity index (χ2v) is 3.09. The summed E-state index contributed by atoms with van der Waals surface area (Å²) in [6.45, 7) is 0. The highest BCUT2D eigenvalue weighted by Gasteiger charge is 1.94. The van der Waals surface area contributed by atoms with Crippen molar-refractivity contribution in [2.75, 3.05) is 0 Å². The van der Waals surface area contributed by atoms with Crippen LogP contribution in [-0.2, 0) is 5.75 Å². The van der Waals surface area contributed by atoms with E-state index < -0.39 is 0 Å². The van der Waals surface area contributed by atoms with E-state index in [0.29, 0.717) is 0 Å². The summed E-state index contributed by atoms with van der Waals surface area (Å²) in [5, 5.41) is 4.14. The van der Waals surface area contributed by atoms with Gasteiger partial charge in [0.25, 0.3) is 0 Å². The molecule has 0 N–H and O–H groups in total. The molecule has 3 heteroatoms. The van der Waals surface area contributed by atoms with Gasteiger partial charge in [0.2, 0.25) is 0 Å². The van der Waals surface area contributed by atoms with Gasteiger partial charge in [0.15, 0.2) is 0 Å². The summed E-state index contributed by atoms with van der Waals surface area (Å²) in [7, 11) is 0. The third-order valence-corrected chi connectivity index (χ3v) is 2.25. The van der Waals surface area contributed by atoms with Crippen LogP contribution in [0.2, 0.25) is 0 Å². The molecule has 0 spiro atoms. The zero-order chi connectivity index (χ0) is 9.10. The van der Waals surface area contributed by atoms with E-state index in [1.54, 1.807) is 6.20 Å². The van der Waals surface area contributed by atoms with Crippen LogP contribution in [0.15, 0.2) is 42.7 Å². The molecule has 2 aromatic rings. The standard InChI is InChI=1S/C10H10N2S/c13-8-9-2-4-10(5-3-9)12-7-1-6-11-12/h1-7,13H,8H2. The fraction of sp³-hybridized carbons (Fsp3) is 0.100. The van der Waals surface area contributed by atoms with Gasteiger partial charge in [0.05, 0.1) is 5.69 Å². The highest BCUT2D eigenvalue weighted by atomic mass is 32.1. The molecule has 0 unspecified atom stereocenters. The molecule has 0 bridgehead atoms. The lowest BCUT2D eigenvalue weighted by atomic mass is 10.2. The van der Waals surface area contributed by atoms with E-state index in [1.165, 1.54) is 5.56 Å². The molecule has 0 aliphatic carbocycles. The first kappa shape index (κ1) is 8.38. The van der Waals surface area contributed by atoms with E-state index in [1.807, 2.05) is 29.1 Å². The zero-order valence-corrected chi connectivity index (χ0v) is 7.98. The zero-order valence-electron chi connectivity index (χ0n) is 7.09. The van der Waals surface area contributed by atoms with Gasteiger partial charge in [-0.2, -0.15) is 17.7 Å². The van der Waals surface area contributed by atoms with Crippen molar-refractivity contribution in [2.45, 2.75) is 5.75 Å². The molecule has 13 heavy (non-hydrogen) atoms.